The predicted octanol–water partition coefficient (Wildman–Crippen LogP) is 20.3. The monoisotopic (exact) mass is 1060 g/mol. The van der Waals surface area contributed by atoms with Crippen molar-refractivity contribution in [2.75, 3.05) is 9.80 Å². The van der Waals surface area contributed by atoms with Gasteiger partial charge in [-0.2, -0.15) is 0 Å². The van der Waals surface area contributed by atoms with Crippen molar-refractivity contribution in [3.8, 4) is 22.3 Å². The maximum absolute atomic E-state index is 2.70. The Hall–Kier alpha value is -7.40. The molecule has 398 valence electrons. The highest BCUT2D eigenvalue weighted by Crippen LogP contribution is 2.53. The van der Waals surface area contributed by atoms with Crippen LogP contribution in [0.5, 0.6) is 0 Å². The number of benzene rings is 10. The summed E-state index contributed by atoms with van der Waals surface area (Å²) in [4.78, 5) is 5.33. The number of thiophene rings is 1. The molecule has 0 spiro atoms. The molecule has 2 aliphatic heterocycles. The second kappa shape index (κ2) is 18.1. The molecular formula is C76H75BN2S. The predicted molar refractivity (Wildman–Crippen MR) is 353 cm³/mol. The summed E-state index contributed by atoms with van der Waals surface area (Å²) >= 11 is 1.99. The van der Waals surface area contributed by atoms with Crippen molar-refractivity contribution in [3.05, 3.63) is 210 Å². The molecule has 2 aliphatic rings. The van der Waals surface area contributed by atoms with Gasteiger partial charge in [-0.3, -0.25) is 0 Å². The zero-order valence-corrected chi connectivity index (χ0v) is 50.5. The zero-order chi connectivity index (χ0) is 56.2. The Balaban J connectivity index is 1.13. The molecule has 0 saturated heterocycles. The van der Waals surface area contributed by atoms with E-state index in [1.165, 1.54) is 142 Å². The summed E-state index contributed by atoms with van der Waals surface area (Å²) in [5.74, 6) is 0. The Labute approximate surface area is 480 Å². The van der Waals surface area contributed by atoms with E-state index < -0.39 is 0 Å². The molecule has 0 bridgehead atoms. The molecule has 0 N–H and O–H groups in total. The molecule has 1 aromatic heterocycles. The number of rotatable bonds is 4. The minimum absolute atomic E-state index is 0.0158. The molecular weight excluding hydrogens is 984 g/mol. The number of hydrogen-bond acceptors (Lipinski definition) is 3. The molecule has 0 atom stereocenters. The minimum Gasteiger partial charge on any atom is -0.311 e. The van der Waals surface area contributed by atoms with Crippen molar-refractivity contribution in [2.24, 2.45) is 0 Å². The quantitative estimate of drug-likeness (QED) is 0.128. The highest BCUT2D eigenvalue weighted by Gasteiger charge is 2.46. The normalized spacial score (nSPS) is 13.9. The van der Waals surface area contributed by atoms with Gasteiger partial charge in [-0.15, -0.1) is 11.3 Å². The van der Waals surface area contributed by atoms with Crippen LogP contribution < -0.4 is 25.5 Å². The molecule has 0 aliphatic carbocycles. The molecule has 0 amide bonds. The van der Waals surface area contributed by atoms with Gasteiger partial charge >= 0.3 is 0 Å². The first kappa shape index (κ1) is 52.0. The SMILES string of the molecule is CC(C)(C)c1cc(-c2ccccc2N2c3ccc(C(C)(C)C)cc3B3c4sc5ccc(C(C)(C)C)cc5c4N(c4ccc(C(C)(C)C)cc4-c4ccc5c6ccccc6c6ccccc6c5c4)c4cccc2c43)cc(C(C)(C)C)c1. The van der Waals surface area contributed by atoms with Crippen molar-refractivity contribution in [1.29, 1.82) is 0 Å². The van der Waals surface area contributed by atoms with E-state index in [1.54, 1.807) is 0 Å². The number of nitrogens with zero attached hydrogens (tertiary/aromatic N) is 2. The molecule has 0 unspecified atom stereocenters. The van der Waals surface area contributed by atoms with Crippen molar-refractivity contribution >= 4 is 110 Å². The molecule has 80 heavy (non-hydrogen) atoms. The minimum atomic E-state index is -0.0871. The largest absolute Gasteiger partial charge is 0.311 e. The summed E-state index contributed by atoms with van der Waals surface area (Å²) in [5.41, 5.74) is 21.4. The lowest BCUT2D eigenvalue weighted by Crippen LogP contribution is -2.60. The third kappa shape index (κ3) is 8.42. The van der Waals surface area contributed by atoms with Gasteiger partial charge in [0, 0.05) is 43.1 Å². The van der Waals surface area contributed by atoms with Crippen LogP contribution in [-0.4, -0.2) is 6.71 Å². The molecule has 13 rings (SSSR count). The third-order valence-corrected chi connectivity index (χ3v) is 18.8. The number of hydrogen-bond donors (Lipinski definition) is 0. The van der Waals surface area contributed by atoms with Crippen LogP contribution in [0.25, 0.3) is 64.7 Å². The Kier molecular flexibility index (Phi) is 11.7. The first-order chi connectivity index (χ1) is 37.8. The van der Waals surface area contributed by atoms with Gasteiger partial charge in [0.2, 0.25) is 0 Å². The van der Waals surface area contributed by atoms with Crippen molar-refractivity contribution < 1.29 is 0 Å². The maximum atomic E-state index is 2.70. The van der Waals surface area contributed by atoms with Crippen LogP contribution >= 0.6 is 11.3 Å². The average Bonchev–Trinajstić information content (AvgIpc) is 3.90. The fourth-order valence-electron chi connectivity index (χ4n) is 12.9. The van der Waals surface area contributed by atoms with E-state index >= 15 is 0 Å². The van der Waals surface area contributed by atoms with Gasteiger partial charge in [0.25, 0.3) is 6.71 Å². The van der Waals surface area contributed by atoms with E-state index in [4.69, 9.17) is 0 Å². The van der Waals surface area contributed by atoms with Crippen LogP contribution in [0.3, 0.4) is 0 Å². The van der Waals surface area contributed by atoms with Crippen molar-refractivity contribution in [3.63, 3.8) is 0 Å². The second-order valence-corrected chi connectivity index (χ2v) is 29.3. The lowest BCUT2D eigenvalue weighted by atomic mass is 9.36. The average molecular weight is 1060 g/mol. The van der Waals surface area contributed by atoms with Gasteiger partial charge in [-0.05, 0) is 164 Å². The fourth-order valence-corrected chi connectivity index (χ4v) is 14.2. The lowest BCUT2D eigenvalue weighted by Gasteiger charge is -2.44. The summed E-state index contributed by atoms with van der Waals surface area (Å²) < 4.78 is 2.70. The molecule has 10 aromatic carbocycles. The topological polar surface area (TPSA) is 6.48 Å². The summed E-state index contributed by atoms with van der Waals surface area (Å²) in [7, 11) is 0. The van der Waals surface area contributed by atoms with Gasteiger partial charge in [-0.25, -0.2) is 0 Å². The van der Waals surface area contributed by atoms with Crippen molar-refractivity contribution in [2.45, 2.75) is 131 Å². The molecule has 0 saturated carbocycles. The number of para-hydroxylation sites is 1. The van der Waals surface area contributed by atoms with Crippen LogP contribution in [0, 0.1) is 0 Å². The Morgan fingerprint density at radius 3 is 1.39 bits per heavy atom. The van der Waals surface area contributed by atoms with Crippen LogP contribution in [0.1, 0.15) is 132 Å². The van der Waals surface area contributed by atoms with Crippen molar-refractivity contribution in [1.82, 2.24) is 0 Å². The molecule has 0 fully saturated rings. The standard InChI is InChI=1S/C76H75BN2S/c1-72(2,3)48-32-36-64(59(43-48)46-31-35-58-56-26-17-16-24-54(56)55-25-18-19-27-57(55)60(58)41-46)79-67-30-22-29-66-69(67)77(71-70(79)61-44-49(73(4,5)6)34-38-68(61)80-71)62-45-50(74(7,8)9)33-37-65(62)78(66)63-28-21-20-23-53(63)47-39-51(75(10,11)12)42-52(40-47)76(13,14)15/h16-45H,1-15H3. The van der Waals surface area contributed by atoms with Gasteiger partial charge in [0.05, 0.1) is 17.1 Å². The summed E-state index contributed by atoms with van der Waals surface area (Å²) in [5, 5.41) is 9.02. The highest BCUT2D eigenvalue weighted by molar-refractivity contribution is 7.33. The van der Waals surface area contributed by atoms with E-state index in [-0.39, 0.29) is 33.8 Å². The summed E-state index contributed by atoms with van der Waals surface area (Å²) in [6.45, 7) is 35.2. The number of fused-ring (bicyclic) bond motifs is 12. The van der Waals surface area contributed by atoms with Crippen LogP contribution in [0.15, 0.2) is 182 Å². The van der Waals surface area contributed by atoms with Crippen LogP contribution in [-0.2, 0) is 27.1 Å². The summed E-state index contributed by atoms with van der Waals surface area (Å²) in [6, 6.07) is 71.1. The Morgan fingerprint density at radius 1 is 0.312 bits per heavy atom. The molecule has 11 aromatic rings. The van der Waals surface area contributed by atoms with Gasteiger partial charge in [-0.1, -0.05) is 231 Å². The molecule has 3 heterocycles. The number of anilines is 6. The zero-order valence-electron chi connectivity index (χ0n) is 49.7. The van der Waals surface area contributed by atoms with Gasteiger partial charge in [0.1, 0.15) is 0 Å². The molecule has 0 radical (unpaired) electrons. The maximum Gasteiger partial charge on any atom is 0.264 e. The van der Waals surface area contributed by atoms with E-state index in [0.717, 1.165) is 0 Å². The Bertz CT molecular complexity index is 4280. The van der Waals surface area contributed by atoms with E-state index in [0.29, 0.717) is 0 Å². The first-order valence-corrected chi connectivity index (χ1v) is 29.8. The molecule has 2 nitrogen and oxygen atoms in total. The van der Waals surface area contributed by atoms with Crippen LogP contribution in [0.4, 0.5) is 34.1 Å². The second-order valence-electron chi connectivity index (χ2n) is 28.3. The molecule has 4 heteroatoms. The summed E-state index contributed by atoms with van der Waals surface area (Å²) in [6.07, 6.45) is 0. The first-order valence-electron chi connectivity index (χ1n) is 29.0. The lowest BCUT2D eigenvalue weighted by molar-refractivity contribution is 0.569. The van der Waals surface area contributed by atoms with Gasteiger partial charge < -0.3 is 9.80 Å². The fraction of sp³-hybridized carbons (Fsp3) is 0.263. The highest BCUT2D eigenvalue weighted by atomic mass is 32.1. The van der Waals surface area contributed by atoms with E-state index in [1.807, 2.05) is 11.3 Å². The smallest absolute Gasteiger partial charge is 0.264 e. The van der Waals surface area contributed by atoms with Gasteiger partial charge in [0.15, 0.2) is 0 Å². The Morgan fingerprint density at radius 2 is 0.787 bits per heavy atom. The van der Waals surface area contributed by atoms with E-state index in [9.17, 15) is 0 Å². The van der Waals surface area contributed by atoms with Crippen LogP contribution in [0.2, 0.25) is 0 Å². The van der Waals surface area contributed by atoms with E-state index in [2.05, 4.69) is 296 Å². The third-order valence-electron chi connectivity index (χ3n) is 17.6.